The smallest absolute Gasteiger partial charge is 0.261 e. The van der Waals surface area contributed by atoms with Crippen molar-refractivity contribution >= 4 is 29.1 Å². The van der Waals surface area contributed by atoms with E-state index in [1.165, 1.54) is 23.4 Å². The van der Waals surface area contributed by atoms with Crippen molar-refractivity contribution in [3.63, 3.8) is 0 Å². The topological polar surface area (TPSA) is 88.2 Å². The SMILES string of the molecule is COc1ccccc1CNC(=O)CN1OC2C(=O)N(C)C(=O)C2C1c1cccs1. The summed E-state index contributed by atoms with van der Waals surface area (Å²) >= 11 is 1.47. The fraction of sp³-hybridized carbons (Fsp3) is 0.350. The number of nitrogens with one attached hydrogen (secondary N) is 1. The standard InChI is InChI=1S/C20H21N3O5S/c1-22-19(25)16-17(14-8-5-9-29-14)23(28-18(16)20(22)26)11-15(24)21-10-12-6-3-4-7-13(12)27-2/h3-9,16-18H,10-11H2,1-2H3,(H,21,24). The average molecular weight is 415 g/mol. The fourth-order valence-corrected chi connectivity index (χ4v) is 4.64. The number of para-hydroxylation sites is 1. The predicted molar refractivity (Wildman–Crippen MR) is 105 cm³/mol. The highest BCUT2D eigenvalue weighted by atomic mass is 32.1. The molecule has 4 rings (SSSR count). The van der Waals surface area contributed by atoms with Crippen LogP contribution in [0.2, 0.25) is 0 Å². The summed E-state index contributed by atoms with van der Waals surface area (Å²) in [5.74, 6) is -0.886. The van der Waals surface area contributed by atoms with Crippen molar-refractivity contribution in [1.82, 2.24) is 15.3 Å². The van der Waals surface area contributed by atoms with Crippen LogP contribution in [0.1, 0.15) is 16.5 Å². The molecular weight excluding hydrogens is 394 g/mol. The largest absolute Gasteiger partial charge is 0.496 e. The highest BCUT2D eigenvalue weighted by Gasteiger charge is 2.59. The summed E-state index contributed by atoms with van der Waals surface area (Å²) < 4.78 is 5.30. The molecule has 2 aliphatic rings. The van der Waals surface area contributed by atoms with Gasteiger partial charge in [0, 0.05) is 24.0 Å². The van der Waals surface area contributed by atoms with Crippen LogP contribution < -0.4 is 10.1 Å². The number of methoxy groups -OCH3 is 1. The normalized spacial score (nSPS) is 24.1. The van der Waals surface area contributed by atoms with Gasteiger partial charge in [0.25, 0.3) is 5.91 Å². The van der Waals surface area contributed by atoms with E-state index in [1.54, 1.807) is 7.11 Å². The van der Waals surface area contributed by atoms with Gasteiger partial charge in [-0.25, -0.2) is 0 Å². The van der Waals surface area contributed by atoms with Crippen LogP contribution in [0.25, 0.3) is 0 Å². The Kier molecular flexibility index (Phi) is 5.35. The van der Waals surface area contributed by atoms with Gasteiger partial charge in [0.1, 0.15) is 12.3 Å². The molecule has 0 aliphatic carbocycles. The Hall–Kier alpha value is -2.75. The van der Waals surface area contributed by atoms with Crippen molar-refractivity contribution in [1.29, 1.82) is 0 Å². The van der Waals surface area contributed by atoms with Gasteiger partial charge in [0.2, 0.25) is 11.8 Å². The minimum Gasteiger partial charge on any atom is -0.496 e. The number of imide groups is 1. The summed E-state index contributed by atoms with van der Waals surface area (Å²) in [6, 6.07) is 10.7. The van der Waals surface area contributed by atoms with Crippen molar-refractivity contribution in [2.24, 2.45) is 5.92 Å². The van der Waals surface area contributed by atoms with Crippen LogP contribution in [-0.4, -0.2) is 54.5 Å². The first-order chi connectivity index (χ1) is 14.0. The number of ether oxygens (including phenoxy) is 1. The zero-order chi connectivity index (χ0) is 20.5. The zero-order valence-electron chi connectivity index (χ0n) is 16.0. The quantitative estimate of drug-likeness (QED) is 0.717. The molecule has 0 radical (unpaired) electrons. The number of nitrogens with zero attached hydrogens (tertiary/aromatic N) is 2. The number of carbonyl (C=O) groups excluding carboxylic acids is 3. The molecule has 3 amide bonds. The molecule has 9 heteroatoms. The van der Waals surface area contributed by atoms with Gasteiger partial charge < -0.3 is 10.1 Å². The van der Waals surface area contributed by atoms with Gasteiger partial charge in [-0.15, -0.1) is 11.3 Å². The fourth-order valence-electron chi connectivity index (χ4n) is 3.76. The van der Waals surface area contributed by atoms with Crippen molar-refractivity contribution < 1.29 is 24.0 Å². The molecular formula is C20H21N3O5S. The lowest BCUT2D eigenvalue weighted by molar-refractivity contribution is -0.181. The molecule has 29 heavy (non-hydrogen) atoms. The number of thiophene rings is 1. The van der Waals surface area contributed by atoms with E-state index in [4.69, 9.17) is 9.57 Å². The van der Waals surface area contributed by atoms with Gasteiger partial charge >= 0.3 is 0 Å². The summed E-state index contributed by atoms with van der Waals surface area (Å²) in [4.78, 5) is 45.3. The molecule has 3 atom stereocenters. The van der Waals surface area contributed by atoms with Crippen molar-refractivity contribution in [2.75, 3.05) is 20.7 Å². The van der Waals surface area contributed by atoms with Gasteiger partial charge in [0.15, 0.2) is 6.10 Å². The highest BCUT2D eigenvalue weighted by molar-refractivity contribution is 7.10. The number of fused-ring (bicyclic) bond motifs is 1. The van der Waals surface area contributed by atoms with E-state index in [9.17, 15) is 14.4 Å². The van der Waals surface area contributed by atoms with E-state index in [0.717, 1.165) is 15.3 Å². The molecule has 2 aliphatic heterocycles. The van der Waals surface area contributed by atoms with E-state index in [-0.39, 0.29) is 24.3 Å². The van der Waals surface area contributed by atoms with E-state index < -0.39 is 18.1 Å². The second-order valence-corrected chi connectivity index (χ2v) is 7.89. The van der Waals surface area contributed by atoms with Gasteiger partial charge in [-0.1, -0.05) is 24.3 Å². The maximum Gasteiger partial charge on any atom is 0.261 e. The molecule has 0 spiro atoms. The predicted octanol–water partition coefficient (Wildman–Crippen LogP) is 1.34. The number of hydrogen-bond acceptors (Lipinski definition) is 7. The maximum atomic E-state index is 12.6. The van der Waals surface area contributed by atoms with Crippen LogP contribution in [0.4, 0.5) is 0 Å². The molecule has 0 saturated carbocycles. The Bertz CT molecular complexity index is 932. The lowest BCUT2D eigenvalue weighted by Gasteiger charge is -2.24. The van der Waals surface area contributed by atoms with Crippen LogP contribution in [0.3, 0.4) is 0 Å². The third-order valence-electron chi connectivity index (χ3n) is 5.22. The molecule has 1 aromatic carbocycles. The number of carbonyl (C=O) groups is 3. The highest BCUT2D eigenvalue weighted by Crippen LogP contribution is 2.45. The Labute approximate surface area is 172 Å². The monoisotopic (exact) mass is 415 g/mol. The lowest BCUT2D eigenvalue weighted by atomic mass is 9.95. The first-order valence-corrected chi connectivity index (χ1v) is 10.1. The molecule has 2 aromatic rings. The number of hydroxylamine groups is 2. The van der Waals surface area contributed by atoms with Crippen LogP contribution >= 0.6 is 11.3 Å². The first-order valence-electron chi connectivity index (χ1n) is 9.18. The summed E-state index contributed by atoms with van der Waals surface area (Å²) in [6.45, 7) is 0.211. The van der Waals surface area contributed by atoms with Crippen LogP contribution in [0.5, 0.6) is 5.75 Å². The Morgan fingerprint density at radius 1 is 1.21 bits per heavy atom. The third-order valence-corrected chi connectivity index (χ3v) is 6.16. The van der Waals surface area contributed by atoms with Gasteiger partial charge in [-0.05, 0) is 17.5 Å². The van der Waals surface area contributed by atoms with Gasteiger partial charge in [-0.2, -0.15) is 5.06 Å². The summed E-state index contributed by atoms with van der Waals surface area (Å²) in [7, 11) is 3.04. The first kappa shape index (κ1) is 19.6. The summed E-state index contributed by atoms with van der Waals surface area (Å²) in [5.41, 5.74) is 0.851. The van der Waals surface area contributed by atoms with Gasteiger partial charge in [0.05, 0.1) is 19.1 Å². The Morgan fingerprint density at radius 2 is 2.00 bits per heavy atom. The van der Waals surface area contributed by atoms with Crippen LogP contribution in [0.15, 0.2) is 41.8 Å². The molecule has 3 unspecified atom stereocenters. The molecule has 8 nitrogen and oxygen atoms in total. The molecule has 2 fully saturated rings. The second-order valence-electron chi connectivity index (χ2n) is 6.91. The molecule has 2 saturated heterocycles. The number of rotatable bonds is 6. The number of likely N-dealkylation sites (N-methyl/N-ethyl adjacent to an activating group) is 1. The van der Waals surface area contributed by atoms with E-state index in [1.807, 2.05) is 41.8 Å². The number of hydrogen-bond donors (Lipinski definition) is 1. The molecule has 1 N–H and O–H groups in total. The minimum atomic E-state index is -0.887. The Balaban J connectivity index is 1.48. The zero-order valence-corrected chi connectivity index (χ0v) is 16.8. The van der Waals surface area contributed by atoms with E-state index in [2.05, 4.69) is 5.32 Å². The Morgan fingerprint density at radius 3 is 2.72 bits per heavy atom. The molecule has 1 aromatic heterocycles. The number of benzene rings is 1. The van der Waals surface area contributed by atoms with Crippen molar-refractivity contribution in [2.45, 2.75) is 18.7 Å². The average Bonchev–Trinajstić information content (AvgIpc) is 3.42. The summed E-state index contributed by atoms with van der Waals surface area (Å²) in [5, 5.41) is 6.20. The minimum absolute atomic E-state index is 0.0883. The van der Waals surface area contributed by atoms with Crippen molar-refractivity contribution in [3.8, 4) is 5.75 Å². The molecule has 3 heterocycles. The maximum absolute atomic E-state index is 12.6. The van der Waals surface area contributed by atoms with Crippen LogP contribution in [0, 0.1) is 5.92 Å². The second kappa shape index (κ2) is 7.94. The lowest BCUT2D eigenvalue weighted by Crippen LogP contribution is -2.40. The summed E-state index contributed by atoms with van der Waals surface area (Å²) in [6.07, 6.45) is -0.887. The molecule has 152 valence electrons. The van der Waals surface area contributed by atoms with Gasteiger partial charge in [-0.3, -0.25) is 24.1 Å². The number of amides is 3. The van der Waals surface area contributed by atoms with Crippen molar-refractivity contribution in [3.05, 3.63) is 52.2 Å². The number of likely N-dealkylation sites (tertiary alicyclic amines) is 1. The van der Waals surface area contributed by atoms with E-state index >= 15 is 0 Å². The van der Waals surface area contributed by atoms with E-state index in [0.29, 0.717) is 12.3 Å². The third kappa shape index (κ3) is 3.52. The molecule has 0 bridgehead atoms. The van der Waals surface area contributed by atoms with Crippen LogP contribution in [-0.2, 0) is 25.8 Å².